The van der Waals surface area contributed by atoms with Gasteiger partial charge < -0.3 is 9.84 Å². The number of aliphatic hydroxyl groups is 1. The van der Waals surface area contributed by atoms with E-state index in [1.807, 2.05) is 54.6 Å². The highest BCUT2D eigenvalue weighted by molar-refractivity contribution is 5.36. The Balaban J connectivity index is 1.67. The third-order valence-electron chi connectivity index (χ3n) is 4.71. The Morgan fingerprint density at radius 3 is 2.42 bits per heavy atom. The highest BCUT2D eigenvalue weighted by atomic mass is 16.5. The van der Waals surface area contributed by atoms with Gasteiger partial charge in [0.15, 0.2) is 0 Å². The maximum absolute atomic E-state index is 10.7. The third kappa shape index (κ3) is 4.74. The topological polar surface area (TPSA) is 29.5 Å². The molecule has 0 aliphatic rings. The van der Waals surface area contributed by atoms with Crippen LogP contribution in [0.25, 0.3) is 0 Å². The molecule has 1 N–H and O–H groups in total. The molecule has 0 saturated carbocycles. The van der Waals surface area contributed by atoms with Gasteiger partial charge in [0.25, 0.3) is 0 Å². The van der Waals surface area contributed by atoms with Gasteiger partial charge in [-0.05, 0) is 49.4 Å². The van der Waals surface area contributed by atoms with Crippen molar-refractivity contribution in [3.8, 4) is 5.75 Å². The van der Waals surface area contributed by atoms with E-state index < -0.39 is 6.10 Å². The molecule has 0 bridgehead atoms. The van der Waals surface area contributed by atoms with Crippen molar-refractivity contribution in [1.29, 1.82) is 0 Å². The molecule has 0 heterocycles. The zero-order chi connectivity index (χ0) is 18.4. The lowest BCUT2D eigenvalue weighted by Crippen LogP contribution is -2.05. The summed E-state index contributed by atoms with van der Waals surface area (Å²) in [5.41, 5.74) is 5.80. The van der Waals surface area contributed by atoms with Crippen molar-refractivity contribution in [3.05, 3.63) is 101 Å². The van der Waals surface area contributed by atoms with Crippen molar-refractivity contribution in [2.75, 3.05) is 0 Å². The molecule has 2 heteroatoms. The van der Waals surface area contributed by atoms with Crippen LogP contribution in [0, 0.1) is 13.8 Å². The van der Waals surface area contributed by atoms with Crippen molar-refractivity contribution >= 4 is 0 Å². The van der Waals surface area contributed by atoms with E-state index >= 15 is 0 Å². The highest BCUT2D eigenvalue weighted by Gasteiger charge is 2.14. The fourth-order valence-electron chi connectivity index (χ4n) is 3.14. The molecule has 0 spiro atoms. The second kappa shape index (κ2) is 8.68. The largest absolute Gasteiger partial charge is 0.489 e. The monoisotopic (exact) mass is 346 g/mol. The molecule has 1 atom stereocenters. The summed E-state index contributed by atoms with van der Waals surface area (Å²) in [4.78, 5) is 0. The number of hydrogen-bond donors (Lipinski definition) is 1. The van der Waals surface area contributed by atoms with Crippen LogP contribution in [-0.2, 0) is 13.0 Å². The number of aryl methyl sites for hydroxylation is 3. The average molecular weight is 346 g/mol. The summed E-state index contributed by atoms with van der Waals surface area (Å²) in [6, 6.07) is 24.3. The van der Waals surface area contributed by atoms with Gasteiger partial charge in [0, 0.05) is 5.56 Å². The van der Waals surface area contributed by atoms with Crippen molar-refractivity contribution < 1.29 is 9.84 Å². The molecule has 3 rings (SSSR count). The Morgan fingerprint density at radius 1 is 0.885 bits per heavy atom. The van der Waals surface area contributed by atoms with E-state index in [2.05, 4.69) is 32.0 Å². The number of hydrogen-bond acceptors (Lipinski definition) is 2. The molecule has 134 valence electrons. The van der Waals surface area contributed by atoms with Crippen LogP contribution in [-0.4, -0.2) is 5.11 Å². The molecular formula is C24H26O2. The number of benzene rings is 3. The first kappa shape index (κ1) is 18.2. The fraction of sp³-hybridized carbons (Fsp3) is 0.250. The van der Waals surface area contributed by atoms with Crippen LogP contribution in [0.1, 0.15) is 40.3 Å². The second-order valence-electron chi connectivity index (χ2n) is 6.80. The molecule has 0 saturated heterocycles. The third-order valence-corrected chi connectivity index (χ3v) is 4.71. The summed E-state index contributed by atoms with van der Waals surface area (Å²) in [5, 5.41) is 10.7. The van der Waals surface area contributed by atoms with E-state index in [1.165, 1.54) is 16.7 Å². The Labute approximate surface area is 156 Å². The normalized spacial score (nSPS) is 12.0. The smallest absolute Gasteiger partial charge is 0.125 e. The van der Waals surface area contributed by atoms with Gasteiger partial charge in [-0.1, -0.05) is 72.3 Å². The van der Waals surface area contributed by atoms with Crippen LogP contribution in [0.3, 0.4) is 0 Å². The lowest BCUT2D eigenvalue weighted by Gasteiger charge is -2.17. The maximum atomic E-state index is 10.7. The number of ether oxygens (including phenoxy) is 1. The van der Waals surface area contributed by atoms with Gasteiger partial charge in [-0.15, -0.1) is 0 Å². The van der Waals surface area contributed by atoms with Crippen LogP contribution >= 0.6 is 0 Å². The van der Waals surface area contributed by atoms with Gasteiger partial charge in [-0.3, -0.25) is 0 Å². The zero-order valence-electron chi connectivity index (χ0n) is 15.5. The summed E-state index contributed by atoms with van der Waals surface area (Å²) in [7, 11) is 0. The lowest BCUT2D eigenvalue weighted by atomic mass is 9.97. The first-order valence-electron chi connectivity index (χ1n) is 9.13. The molecule has 0 aliphatic carbocycles. The first-order valence-corrected chi connectivity index (χ1v) is 9.13. The van der Waals surface area contributed by atoms with Gasteiger partial charge >= 0.3 is 0 Å². The average Bonchev–Trinajstić information content (AvgIpc) is 2.68. The number of aliphatic hydroxyl groups excluding tert-OH is 1. The molecule has 0 aliphatic heterocycles. The standard InChI is InChI=1S/C24H26O2/c1-18-12-13-19(2)21(16-18)14-15-23(25)22-10-6-7-11-24(22)26-17-20-8-4-3-5-9-20/h3-13,16,23,25H,14-15,17H2,1-2H3. The molecule has 0 fully saturated rings. The van der Waals surface area contributed by atoms with Crippen LogP contribution in [0.4, 0.5) is 0 Å². The van der Waals surface area contributed by atoms with Crippen molar-refractivity contribution in [3.63, 3.8) is 0 Å². The van der Waals surface area contributed by atoms with Crippen molar-refractivity contribution in [1.82, 2.24) is 0 Å². The summed E-state index contributed by atoms with van der Waals surface area (Å²) in [6.45, 7) is 4.73. The number of rotatable bonds is 7. The molecule has 26 heavy (non-hydrogen) atoms. The minimum absolute atomic E-state index is 0.502. The Kier molecular flexibility index (Phi) is 6.08. The van der Waals surface area contributed by atoms with E-state index in [0.29, 0.717) is 13.0 Å². The molecule has 0 aromatic heterocycles. The van der Waals surface area contributed by atoms with E-state index in [4.69, 9.17) is 4.74 Å². The SMILES string of the molecule is Cc1ccc(C)c(CCC(O)c2ccccc2OCc2ccccc2)c1. The van der Waals surface area contributed by atoms with Crippen LogP contribution in [0.2, 0.25) is 0 Å². The van der Waals surface area contributed by atoms with Crippen molar-refractivity contribution in [2.24, 2.45) is 0 Å². The van der Waals surface area contributed by atoms with Gasteiger partial charge in [-0.2, -0.15) is 0 Å². The highest BCUT2D eigenvalue weighted by Crippen LogP contribution is 2.29. The number of para-hydroxylation sites is 1. The van der Waals surface area contributed by atoms with Gasteiger partial charge in [-0.25, -0.2) is 0 Å². The van der Waals surface area contributed by atoms with E-state index in [1.54, 1.807) is 0 Å². The summed E-state index contributed by atoms with van der Waals surface area (Å²) >= 11 is 0. The summed E-state index contributed by atoms with van der Waals surface area (Å²) < 4.78 is 5.98. The zero-order valence-corrected chi connectivity index (χ0v) is 15.5. The predicted octanol–water partition coefficient (Wildman–Crippen LogP) is 5.55. The van der Waals surface area contributed by atoms with E-state index in [9.17, 15) is 5.11 Å². The minimum Gasteiger partial charge on any atom is -0.489 e. The molecule has 3 aromatic carbocycles. The maximum Gasteiger partial charge on any atom is 0.125 e. The minimum atomic E-state index is -0.540. The Morgan fingerprint density at radius 2 is 1.62 bits per heavy atom. The molecule has 3 aromatic rings. The fourth-order valence-corrected chi connectivity index (χ4v) is 3.14. The molecule has 0 radical (unpaired) electrons. The second-order valence-corrected chi connectivity index (χ2v) is 6.80. The van der Waals surface area contributed by atoms with Gasteiger partial charge in [0.2, 0.25) is 0 Å². The first-order chi connectivity index (χ1) is 12.6. The van der Waals surface area contributed by atoms with E-state index in [-0.39, 0.29) is 0 Å². The van der Waals surface area contributed by atoms with Crippen LogP contribution < -0.4 is 4.74 Å². The molecular weight excluding hydrogens is 320 g/mol. The molecule has 1 unspecified atom stereocenters. The van der Waals surface area contributed by atoms with Crippen molar-refractivity contribution in [2.45, 2.75) is 39.4 Å². The van der Waals surface area contributed by atoms with E-state index in [0.717, 1.165) is 23.3 Å². The van der Waals surface area contributed by atoms with Gasteiger partial charge in [0.1, 0.15) is 12.4 Å². The molecule has 0 amide bonds. The molecule has 2 nitrogen and oxygen atoms in total. The predicted molar refractivity (Wildman–Crippen MR) is 106 cm³/mol. The Bertz CT molecular complexity index is 840. The Hall–Kier alpha value is -2.58. The quantitative estimate of drug-likeness (QED) is 0.608. The lowest BCUT2D eigenvalue weighted by molar-refractivity contribution is 0.161. The van der Waals surface area contributed by atoms with Crippen LogP contribution in [0.15, 0.2) is 72.8 Å². The summed E-state index contributed by atoms with van der Waals surface area (Å²) in [6.07, 6.45) is 0.986. The van der Waals surface area contributed by atoms with Crippen LogP contribution in [0.5, 0.6) is 5.75 Å². The van der Waals surface area contributed by atoms with Gasteiger partial charge in [0.05, 0.1) is 6.10 Å². The summed E-state index contributed by atoms with van der Waals surface area (Å²) in [5.74, 6) is 0.754.